The molecule has 0 aliphatic carbocycles. The molecule has 136 valence electrons. The van der Waals surface area contributed by atoms with Crippen molar-refractivity contribution in [2.24, 2.45) is 0 Å². The van der Waals surface area contributed by atoms with Gasteiger partial charge in [-0.15, -0.1) is 11.7 Å². The second kappa shape index (κ2) is 6.24. The van der Waals surface area contributed by atoms with Gasteiger partial charge in [0.25, 0.3) is 11.5 Å². The predicted molar refractivity (Wildman–Crippen MR) is 109 cm³/mol. The van der Waals surface area contributed by atoms with E-state index in [0.29, 0.717) is 27.4 Å². The molecule has 2 aromatic carbocycles. The Labute approximate surface area is 163 Å². The number of rotatable bonds is 3. The zero-order valence-corrected chi connectivity index (χ0v) is 15.5. The van der Waals surface area contributed by atoms with Crippen LogP contribution in [0.1, 0.15) is 5.56 Å². The van der Waals surface area contributed by atoms with Crippen molar-refractivity contribution in [3.63, 3.8) is 0 Å². The van der Waals surface area contributed by atoms with Crippen molar-refractivity contribution in [3.05, 3.63) is 87.7 Å². The van der Waals surface area contributed by atoms with Crippen molar-refractivity contribution in [2.75, 3.05) is 11.4 Å². The number of nitrogens with zero attached hydrogens (tertiary/aromatic N) is 4. The van der Waals surface area contributed by atoms with Gasteiger partial charge in [-0.2, -0.15) is 9.50 Å². The summed E-state index contributed by atoms with van der Waals surface area (Å²) in [6, 6.07) is 16.9. The highest BCUT2D eigenvalue weighted by atomic mass is 32.1. The average Bonchev–Trinajstić information content (AvgIpc) is 3.35. The lowest BCUT2D eigenvalue weighted by Crippen LogP contribution is -2.32. The number of aromatic nitrogens is 3. The van der Waals surface area contributed by atoms with Crippen LogP contribution in [0.25, 0.3) is 21.9 Å². The Morgan fingerprint density at radius 3 is 2.54 bits per heavy atom. The molecule has 7 heteroatoms. The van der Waals surface area contributed by atoms with Crippen LogP contribution in [0.5, 0.6) is 0 Å². The molecular weight excluding hydrogens is 372 g/mol. The van der Waals surface area contributed by atoms with Crippen molar-refractivity contribution in [2.45, 2.75) is 0 Å². The maximum atomic E-state index is 13.1. The van der Waals surface area contributed by atoms with Crippen LogP contribution >= 0.6 is 11.3 Å². The normalized spacial score (nSPS) is 15.3. The maximum Gasteiger partial charge on any atom is 0.291 e. The van der Waals surface area contributed by atoms with Crippen molar-refractivity contribution < 1.29 is 4.79 Å². The number of amides is 1. The molecule has 0 bridgehead atoms. The van der Waals surface area contributed by atoms with Crippen LogP contribution in [0.4, 0.5) is 5.69 Å². The highest BCUT2D eigenvalue weighted by Crippen LogP contribution is 2.35. The van der Waals surface area contributed by atoms with Gasteiger partial charge in [0.1, 0.15) is 4.53 Å². The molecule has 4 aromatic rings. The molecule has 0 N–H and O–H groups in total. The Kier molecular flexibility index (Phi) is 3.70. The molecule has 0 spiro atoms. The molecule has 0 radical (unpaired) electrons. The van der Waals surface area contributed by atoms with Gasteiger partial charge in [-0.3, -0.25) is 9.59 Å². The van der Waals surface area contributed by atoms with Gasteiger partial charge in [-0.25, -0.2) is 0 Å². The molecule has 1 aliphatic rings. The molecule has 0 fully saturated rings. The SMILES string of the molecule is C=CCN1C(=O)/C(=c2\sc3nc(-c4ccccc4)nn3c2=O)c2ccccc21. The summed E-state index contributed by atoms with van der Waals surface area (Å²) in [7, 11) is 0. The number of carbonyl (C=O) groups is 1. The second-order valence-electron chi connectivity index (χ2n) is 6.33. The van der Waals surface area contributed by atoms with Crippen LogP contribution in [0.15, 0.2) is 72.0 Å². The topological polar surface area (TPSA) is 67.6 Å². The summed E-state index contributed by atoms with van der Waals surface area (Å²) in [5.74, 6) is 0.290. The highest BCUT2D eigenvalue weighted by molar-refractivity contribution is 7.15. The maximum absolute atomic E-state index is 13.1. The average molecular weight is 386 g/mol. The summed E-state index contributed by atoms with van der Waals surface area (Å²) >= 11 is 1.19. The fourth-order valence-corrected chi connectivity index (χ4v) is 4.40. The zero-order chi connectivity index (χ0) is 19.3. The van der Waals surface area contributed by atoms with Crippen LogP contribution < -0.4 is 15.0 Å². The van der Waals surface area contributed by atoms with E-state index in [0.717, 1.165) is 16.8 Å². The minimum Gasteiger partial charge on any atom is -0.304 e. The number of benzene rings is 2. The molecular formula is C21H14N4O2S. The van der Waals surface area contributed by atoms with E-state index in [-0.39, 0.29) is 11.5 Å². The third kappa shape index (κ3) is 2.33. The first-order chi connectivity index (χ1) is 13.7. The Morgan fingerprint density at radius 1 is 1.04 bits per heavy atom. The summed E-state index contributed by atoms with van der Waals surface area (Å²) in [6.45, 7) is 4.11. The molecule has 2 aromatic heterocycles. The van der Waals surface area contributed by atoms with Crippen LogP contribution in [-0.2, 0) is 4.79 Å². The van der Waals surface area contributed by atoms with E-state index < -0.39 is 0 Å². The van der Waals surface area contributed by atoms with Gasteiger partial charge in [0, 0.05) is 17.7 Å². The Bertz CT molecular complexity index is 1350. The fourth-order valence-electron chi connectivity index (χ4n) is 3.40. The van der Waals surface area contributed by atoms with Gasteiger partial charge < -0.3 is 4.90 Å². The molecule has 1 amide bonds. The molecule has 1 aliphatic heterocycles. The monoisotopic (exact) mass is 386 g/mol. The van der Waals surface area contributed by atoms with Crippen molar-refractivity contribution in [1.29, 1.82) is 0 Å². The summed E-state index contributed by atoms with van der Waals surface area (Å²) in [4.78, 5) is 32.7. The van der Waals surface area contributed by atoms with Crippen LogP contribution in [0.3, 0.4) is 0 Å². The number of hydrogen-bond donors (Lipinski definition) is 0. The minimum atomic E-state index is -0.326. The van der Waals surface area contributed by atoms with Crippen molar-refractivity contribution in [3.8, 4) is 11.4 Å². The first kappa shape index (κ1) is 16.6. The van der Waals surface area contributed by atoms with E-state index in [2.05, 4.69) is 16.7 Å². The highest BCUT2D eigenvalue weighted by Gasteiger charge is 2.33. The first-order valence-corrected chi connectivity index (χ1v) is 9.52. The number of thiazole rings is 1. The van der Waals surface area contributed by atoms with E-state index in [1.807, 2.05) is 54.6 Å². The Morgan fingerprint density at radius 2 is 1.79 bits per heavy atom. The molecule has 0 saturated heterocycles. The molecule has 0 unspecified atom stereocenters. The van der Waals surface area contributed by atoms with E-state index in [1.165, 1.54) is 15.9 Å². The Balaban J connectivity index is 1.75. The van der Waals surface area contributed by atoms with Gasteiger partial charge in [0.15, 0.2) is 5.82 Å². The standard InChI is InChI=1S/C21H14N4O2S/c1-2-12-24-15-11-7-6-10-14(15)16(19(24)26)17-20(27)25-21(28-17)22-18(23-25)13-8-4-3-5-9-13/h2-11H,1,12H2/b17-16-. The third-order valence-corrected chi connectivity index (χ3v) is 5.68. The van der Waals surface area contributed by atoms with Crippen molar-refractivity contribution >= 4 is 33.5 Å². The second-order valence-corrected chi connectivity index (χ2v) is 7.31. The minimum absolute atomic E-state index is 0.203. The lowest BCUT2D eigenvalue weighted by molar-refractivity contribution is -0.112. The third-order valence-electron chi connectivity index (χ3n) is 4.65. The smallest absolute Gasteiger partial charge is 0.291 e. The molecule has 28 heavy (non-hydrogen) atoms. The first-order valence-electron chi connectivity index (χ1n) is 8.70. The van der Waals surface area contributed by atoms with Gasteiger partial charge in [-0.05, 0) is 6.07 Å². The number of hydrogen-bond acceptors (Lipinski definition) is 5. The van der Waals surface area contributed by atoms with Crippen LogP contribution in [-0.4, -0.2) is 27.0 Å². The van der Waals surface area contributed by atoms with Crippen molar-refractivity contribution in [1.82, 2.24) is 14.6 Å². The molecule has 6 nitrogen and oxygen atoms in total. The van der Waals surface area contributed by atoms with Gasteiger partial charge in [0.2, 0.25) is 4.96 Å². The molecule has 5 rings (SSSR count). The Hall–Kier alpha value is -3.58. The quantitative estimate of drug-likeness (QED) is 0.507. The summed E-state index contributed by atoms with van der Waals surface area (Å²) in [6.07, 6.45) is 1.67. The van der Waals surface area contributed by atoms with Gasteiger partial charge >= 0.3 is 0 Å². The number of carbonyl (C=O) groups excluding carboxylic acids is 1. The number of fused-ring (bicyclic) bond motifs is 2. The fraction of sp³-hybridized carbons (Fsp3) is 0.0476. The largest absolute Gasteiger partial charge is 0.304 e. The van der Waals surface area contributed by atoms with Gasteiger partial charge in [0.05, 0.1) is 11.3 Å². The summed E-state index contributed by atoms with van der Waals surface area (Å²) in [5.41, 5.74) is 2.45. The zero-order valence-electron chi connectivity index (χ0n) is 14.7. The van der Waals surface area contributed by atoms with Crippen LogP contribution in [0, 0.1) is 0 Å². The van der Waals surface area contributed by atoms with E-state index in [1.54, 1.807) is 11.0 Å². The summed E-state index contributed by atoms with van der Waals surface area (Å²) in [5, 5.41) is 4.36. The van der Waals surface area contributed by atoms with E-state index in [4.69, 9.17) is 0 Å². The summed E-state index contributed by atoms with van der Waals surface area (Å²) < 4.78 is 1.64. The van der Waals surface area contributed by atoms with E-state index >= 15 is 0 Å². The van der Waals surface area contributed by atoms with Gasteiger partial charge in [-0.1, -0.05) is 65.9 Å². The van der Waals surface area contributed by atoms with Crippen LogP contribution in [0.2, 0.25) is 0 Å². The molecule has 0 atom stereocenters. The number of anilines is 1. The molecule has 3 heterocycles. The predicted octanol–water partition coefficient (Wildman–Crippen LogP) is 2.27. The number of para-hydroxylation sites is 1. The lowest BCUT2D eigenvalue weighted by atomic mass is 10.1. The lowest BCUT2D eigenvalue weighted by Gasteiger charge is -2.13. The van der Waals surface area contributed by atoms with E-state index in [9.17, 15) is 9.59 Å². The molecule has 0 saturated carbocycles.